The molecule has 2 N–H and O–H groups in total. The lowest BCUT2D eigenvalue weighted by atomic mass is 10.3. The Morgan fingerprint density at radius 2 is 2.35 bits per heavy atom. The van der Waals surface area contributed by atoms with Crippen molar-refractivity contribution in [3.05, 3.63) is 40.5 Å². The van der Waals surface area contributed by atoms with Gasteiger partial charge >= 0.3 is 6.03 Å². The fourth-order valence-electron chi connectivity index (χ4n) is 1.14. The summed E-state index contributed by atoms with van der Waals surface area (Å²) in [6, 6.07) is 5.19. The minimum atomic E-state index is -0.420. The highest BCUT2D eigenvalue weighted by atomic mass is 19.1. The summed E-state index contributed by atoms with van der Waals surface area (Å²) in [6.45, 7) is 0.719. The molecule has 0 spiro atoms. The molecule has 0 atom stereocenters. The van der Waals surface area contributed by atoms with Crippen LogP contribution in [0.3, 0.4) is 0 Å². The predicted molar refractivity (Wildman–Crippen MR) is 62.1 cm³/mol. The summed E-state index contributed by atoms with van der Waals surface area (Å²) in [5, 5.41) is 8.36. The van der Waals surface area contributed by atoms with Gasteiger partial charge in [0.1, 0.15) is 5.82 Å². The van der Waals surface area contributed by atoms with Crippen LogP contribution in [-0.4, -0.2) is 19.1 Å². The van der Waals surface area contributed by atoms with Gasteiger partial charge in [0.25, 0.3) is 0 Å². The molecule has 90 valence electrons. The van der Waals surface area contributed by atoms with Crippen LogP contribution in [0, 0.1) is 5.82 Å². The second kappa shape index (κ2) is 7.08. The monoisotopic (exact) mass is 237 g/mol. The number of benzene rings is 1. The molecule has 0 aliphatic carbocycles. The number of halogens is 1. The zero-order chi connectivity index (χ0) is 12.5. The maximum absolute atomic E-state index is 12.8. The summed E-state index contributed by atoms with van der Waals surface area (Å²) >= 11 is 0. The predicted octanol–water partition coefficient (Wildman–Crippen LogP) is 2.65. The first kappa shape index (κ1) is 12.8. The van der Waals surface area contributed by atoms with Gasteiger partial charge in [-0.2, -0.15) is 0 Å². The minimum absolute atomic E-state index is 0.330. The van der Waals surface area contributed by atoms with Gasteiger partial charge in [-0.25, -0.2) is 9.18 Å². The normalized spacial score (nSPS) is 9.24. The lowest BCUT2D eigenvalue weighted by Crippen LogP contribution is -2.29. The number of amides is 2. The number of rotatable bonds is 5. The topological polar surface area (TPSA) is 89.9 Å². The third-order valence-corrected chi connectivity index (χ3v) is 1.87. The summed E-state index contributed by atoms with van der Waals surface area (Å²) in [7, 11) is 0. The van der Waals surface area contributed by atoms with Crippen LogP contribution in [0.4, 0.5) is 14.9 Å². The Morgan fingerprint density at radius 1 is 1.53 bits per heavy atom. The Kier molecular flexibility index (Phi) is 5.33. The molecule has 0 unspecified atom stereocenters. The zero-order valence-corrected chi connectivity index (χ0v) is 9.06. The van der Waals surface area contributed by atoms with Gasteiger partial charge < -0.3 is 10.6 Å². The van der Waals surface area contributed by atoms with E-state index in [0.29, 0.717) is 25.2 Å². The molecule has 1 rings (SSSR count). The number of hydrogen-bond acceptors (Lipinski definition) is 2. The summed E-state index contributed by atoms with van der Waals surface area (Å²) in [4.78, 5) is 13.9. The molecule has 17 heavy (non-hydrogen) atoms. The number of nitrogens with zero attached hydrogens (tertiary/aromatic N) is 3. The van der Waals surface area contributed by atoms with Crippen molar-refractivity contribution in [1.29, 1.82) is 0 Å². The van der Waals surface area contributed by atoms with Crippen LogP contribution in [-0.2, 0) is 0 Å². The van der Waals surface area contributed by atoms with Crippen molar-refractivity contribution in [3.8, 4) is 0 Å². The Balaban J connectivity index is 2.27. The number of carbonyl (C=O) groups is 1. The highest BCUT2D eigenvalue weighted by Gasteiger charge is 2.00. The van der Waals surface area contributed by atoms with Gasteiger partial charge in [0.2, 0.25) is 0 Å². The van der Waals surface area contributed by atoms with E-state index in [0.717, 1.165) is 0 Å². The second-order valence-electron chi connectivity index (χ2n) is 3.20. The summed E-state index contributed by atoms with van der Waals surface area (Å²) < 4.78 is 12.8. The lowest BCUT2D eigenvalue weighted by Gasteiger charge is -2.06. The quantitative estimate of drug-likeness (QED) is 0.350. The average Bonchev–Trinajstić information content (AvgIpc) is 2.29. The van der Waals surface area contributed by atoms with Crippen molar-refractivity contribution in [2.45, 2.75) is 6.42 Å². The SMILES string of the molecule is [N-]=[N+]=NCCCNC(=O)Nc1cccc(F)c1. The highest BCUT2D eigenvalue weighted by Crippen LogP contribution is 2.08. The molecule has 6 nitrogen and oxygen atoms in total. The number of urea groups is 1. The van der Waals surface area contributed by atoms with Crippen molar-refractivity contribution in [1.82, 2.24) is 5.32 Å². The fourth-order valence-corrected chi connectivity index (χ4v) is 1.14. The van der Waals surface area contributed by atoms with Crippen LogP contribution in [0.25, 0.3) is 10.4 Å². The molecule has 7 heteroatoms. The van der Waals surface area contributed by atoms with E-state index in [1.807, 2.05) is 0 Å². The van der Waals surface area contributed by atoms with Gasteiger partial charge in [-0.3, -0.25) is 0 Å². The van der Waals surface area contributed by atoms with Crippen LogP contribution in [0.2, 0.25) is 0 Å². The first-order valence-electron chi connectivity index (χ1n) is 5.03. The molecule has 0 aliphatic rings. The molecule has 1 aromatic carbocycles. The molecular formula is C10H12FN5O. The number of nitrogens with one attached hydrogen (secondary N) is 2. The van der Waals surface area contributed by atoms with Crippen LogP contribution in [0.5, 0.6) is 0 Å². The van der Waals surface area contributed by atoms with Crippen LogP contribution < -0.4 is 10.6 Å². The summed E-state index contributed by atoms with van der Waals surface area (Å²) in [5.41, 5.74) is 8.41. The molecule has 2 amide bonds. The Bertz CT molecular complexity index is 430. The van der Waals surface area contributed by atoms with E-state index < -0.39 is 11.8 Å². The number of anilines is 1. The number of azide groups is 1. The van der Waals surface area contributed by atoms with Crippen molar-refractivity contribution >= 4 is 11.7 Å². The smallest absolute Gasteiger partial charge is 0.319 e. The van der Waals surface area contributed by atoms with E-state index in [2.05, 4.69) is 20.7 Å². The van der Waals surface area contributed by atoms with Gasteiger partial charge in [0, 0.05) is 23.7 Å². The third kappa shape index (κ3) is 5.39. The molecule has 0 saturated heterocycles. The van der Waals surface area contributed by atoms with Gasteiger partial charge in [-0.15, -0.1) is 0 Å². The molecule has 0 bridgehead atoms. The van der Waals surface area contributed by atoms with E-state index in [9.17, 15) is 9.18 Å². The van der Waals surface area contributed by atoms with Crippen LogP contribution in [0.15, 0.2) is 29.4 Å². The first-order valence-corrected chi connectivity index (χ1v) is 5.03. The Morgan fingerprint density at radius 3 is 3.06 bits per heavy atom. The van der Waals surface area contributed by atoms with E-state index in [1.54, 1.807) is 6.07 Å². The van der Waals surface area contributed by atoms with Crippen molar-refractivity contribution < 1.29 is 9.18 Å². The minimum Gasteiger partial charge on any atom is -0.338 e. The average molecular weight is 237 g/mol. The Labute approximate surface area is 97.5 Å². The second-order valence-corrected chi connectivity index (χ2v) is 3.20. The zero-order valence-electron chi connectivity index (χ0n) is 9.06. The lowest BCUT2D eigenvalue weighted by molar-refractivity contribution is 0.252. The van der Waals surface area contributed by atoms with Crippen molar-refractivity contribution in [2.75, 3.05) is 18.4 Å². The molecule has 0 fully saturated rings. The van der Waals surface area contributed by atoms with Gasteiger partial charge in [-0.1, -0.05) is 11.2 Å². The molecule has 0 radical (unpaired) electrons. The molecule has 0 aromatic heterocycles. The highest BCUT2D eigenvalue weighted by molar-refractivity contribution is 5.89. The van der Waals surface area contributed by atoms with Crippen LogP contribution >= 0.6 is 0 Å². The maximum Gasteiger partial charge on any atom is 0.319 e. The van der Waals surface area contributed by atoms with Crippen LogP contribution in [0.1, 0.15) is 6.42 Å². The Hall–Kier alpha value is -2.27. The van der Waals surface area contributed by atoms with Crippen molar-refractivity contribution in [2.24, 2.45) is 5.11 Å². The fraction of sp³-hybridized carbons (Fsp3) is 0.300. The molecule has 1 aromatic rings. The molecule has 0 heterocycles. The maximum atomic E-state index is 12.8. The summed E-state index contributed by atoms with van der Waals surface area (Å²) in [5.74, 6) is -0.411. The number of hydrogen-bond donors (Lipinski definition) is 2. The van der Waals surface area contributed by atoms with Gasteiger partial charge in [0.15, 0.2) is 0 Å². The summed E-state index contributed by atoms with van der Waals surface area (Å²) in [6.07, 6.45) is 0.556. The third-order valence-electron chi connectivity index (χ3n) is 1.87. The van der Waals surface area contributed by atoms with Gasteiger partial charge in [-0.05, 0) is 30.2 Å². The molecule has 0 saturated carbocycles. The van der Waals surface area contributed by atoms with E-state index >= 15 is 0 Å². The standard InChI is InChI=1S/C10H12FN5O/c11-8-3-1-4-9(7-8)15-10(17)13-5-2-6-14-16-12/h1,3-4,7H,2,5-6H2,(H2,13,15,17). The molecule has 0 aliphatic heterocycles. The van der Waals surface area contributed by atoms with E-state index in [-0.39, 0.29) is 0 Å². The molecular weight excluding hydrogens is 225 g/mol. The first-order chi connectivity index (χ1) is 8.22. The van der Waals surface area contributed by atoms with Crippen molar-refractivity contribution in [3.63, 3.8) is 0 Å². The van der Waals surface area contributed by atoms with E-state index in [1.165, 1.54) is 18.2 Å². The van der Waals surface area contributed by atoms with Gasteiger partial charge in [0.05, 0.1) is 0 Å². The van der Waals surface area contributed by atoms with E-state index in [4.69, 9.17) is 5.53 Å². The largest absolute Gasteiger partial charge is 0.338 e. The number of carbonyl (C=O) groups excluding carboxylic acids is 1.